The lowest BCUT2D eigenvalue weighted by Crippen LogP contribution is -2.17. The van der Waals surface area contributed by atoms with Crippen LogP contribution in [0.1, 0.15) is 23.3 Å². The summed E-state index contributed by atoms with van der Waals surface area (Å²) in [5.74, 6) is 0. The second kappa shape index (κ2) is 5.25. The first-order chi connectivity index (χ1) is 8.81. The van der Waals surface area contributed by atoms with Gasteiger partial charge < -0.3 is 0 Å². The van der Waals surface area contributed by atoms with Gasteiger partial charge in [-0.2, -0.15) is 0 Å². The molecule has 0 bridgehead atoms. The summed E-state index contributed by atoms with van der Waals surface area (Å²) in [5, 5.41) is 0. The molecular formula is C16H19NS. The third kappa shape index (κ3) is 2.65. The lowest BCUT2D eigenvalue weighted by Gasteiger charge is -2.12. The van der Waals surface area contributed by atoms with Crippen molar-refractivity contribution in [3.63, 3.8) is 0 Å². The summed E-state index contributed by atoms with van der Waals surface area (Å²) in [7, 11) is 0. The summed E-state index contributed by atoms with van der Waals surface area (Å²) in [5.41, 5.74) is 2.67. The van der Waals surface area contributed by atoms with Gasteiger partial charge in [0.15, 0.2) is 0 Å². The zero-order chi connectivity index (χ0) is 12.4. The van der Waals surface area contributed by atoms with Gasteiger partial charge in [0.05, 0.1) is 0 Å². The molecule has 3 rings (SSSR count). The lowest BCUT2D eigenvalue weighted by atomic mass is 10.1. The summed E-state index contributed by atoms with van der Waals surface area (Å²) < 4.78 is 0. The van der Waals surface area contributed by atoms with Crippen molar-refractivity contribution in [2.45, 2.75) is 26.3 Å². The Hall–Kier alpha value is -1.12. The first kappa shape index (κ1) is 11.9. The molecule has 2 heterocycles. The van der Waals surface area contributed by atoms with E-state index < -0.39 is 0 Å². The highest BCUT2D eigenvalue weighted by molar-refractivity contribution is 7.15. The van der Waals surface area contributed by atoms with Crippen LogP contribution in [0.5, 0.6) is 0 Å². The number of benzene rings is 1. The van der Waals surface area contributed by atoms with E-state index in [4.69, 9.17) is 0 Å². The highest BCUT2D eigenvalue weighted by Crippen LogP contribution is 2.29. The summed E-state index contributed by atoms with van der Waals surface area (Å²) in [4.78, 5) is 5.45. The van der Waals surface area contributed by atoms with Crippen LogP contribution in [0.3, 0.4) is 0 Å². The maximum Gasteiger partial charge on any atom is 0.0346 e. The summed E-state index contributed by atoms with van der Waals surface area (Å²) in [6, 6.07) is 13.4. The van der Waals surface area contributed by atoms with E-state index in [0.717, 1.165) is 6.54 Å². The molecule has 1 aliphatic heterocycles. The fourth-order valence-electron chi connectivity index (χ4n) is 2.50. The molecule has 2 aromatic rings. The Morgan fingerprint density at radius 1 is 1.00 bits per heavy atom. The maximum atomic E-state index is 2.56. The molecule has 0 saturated carbocycles. The van der Waals surface area contributed by atoms with Crippen molar-refractivity contribution in [3.05, 3.63) is 46.8 Å². The molecule has 0 radical (unpaired) electrons. The molecule has 1 fully saturated rings. The Morgan fingerprint density at radius 3 is 2.44 bits per heavy atom. The molecule has 1 saturated heterocycles. The van der Waals surface area contributed by atoms with Crippen LogP contribution in [0.15, 0.2) is 36.4 Å². The normalized spacial score (nSPS) is 16.3. The first-order valence-electron chi connectivity index (χ1n) is 6.69. The Labute approximate surface area is 113 Å². The maximum absolute atomic E-state index is 2.56. The SMILES string of the molecule is Cc1ccc(-c2ccc(CN3CCCC3)s2)cc1. The van der Waals surface area contributed by atoms with Gasteiger partial charge in [0.2, 0.25) is 0 Å². The average Bonchev–Trinajstić information content (AvgIpc) is 3.02. The van der Waals surface area contributed by atoms with Crippen molar-refractivity contribution in [2.75, 3.05) is 13.1 Å². The van der Waals surface area contributed by atoms with E-state index in [1.54, 1.807) is 0 Å². The number of hydrogen-bond donors (Lipinski definition) is 0. The van der Waals surface area contributed by atoms with Crippen LogP contribution in [0.2, 0.25) is 0 Å². The number of aryl methyl sites for hydroxylation is 1. The minimum Gasteiger partial charge on any atom is -0.298 e. The van der Waals surface area contributed by atoms with Gasteiger partial charge >= 0.3 is 0 Å². The van der Waals surface area contributed by atoms with E-state index in [9.17, 15) is 0 Å². The van der Waals surface area contributed by atoms with Crippen molar-refractivity contribution in [1.82, 2.24) is 4.90 Å². The molecule has 0 spiro atoms. The van der Waals surface area contributed by atoms with Crippen LogP contribution in [-0.2, 0) is 6.54 Å². The van der Waals surface area contributed by atoms with Crippen molar-refractivity contribution < 1.29 is 0 Å². The first-order valence-corrected chi connectivity index (χ1v) is 7.51. The number of thiophene rings is 1. The summed E-state index contributed by atoms with van der Waals surface area (Å²) in [6.45, 7) is 5.82. The van der Waals surface area contributed by atoms with Gasteiger partial charge in [-0.1, -0.05) is 29.8 Å². The van der Waals surface area contributed by atoms with Crippen molar-refractivity contribution in [1.29, 1.82) is 0 Å². The number of rotatable bonds is 3. The second-order valence-electron chi connectivity index (χ2n) is 5.12. The summed E-state index contributed by atoms with van der Waals surface area (Å²) >= 11 is 1.94. The molecule has 0 unspecified atom stereocenters. The fourth-order valence-corrected chi connectivity index (χ4v) is 3.55. The van der Waals surface area contributed by atoms with Gasteiger partial charge in [0.25, 0.3) is 0 Å². The number of likely N-dealkylation sites (tertiary alicyclic amines) is 1. The van der Waals surface area contributed by atoms with Gasteiger partial charge in [-0.05, 0) is 50.6 Å². The largest absolute Gasteiger partial charge is 0.298 e. The average molecular weight is 257 g/mol. The highest BCUT2D eigenvalue weighted by Gasteiger charge is 2.13. The van der Waals surface area contributed by atoms with Gasteiger partial charge in [-0.3, -0.25) is 4.90 Å². The molecular weight excluding hydrogens is 238 g/mol. The lowest BCUT2D eigenvalue weighted by molar-refractivity contribution is 0.334. The monoisotopic (exact) mass is 257 g/mol. The van der Waals surface area contributed by atoms with Crippen LogP contribution in [0.4, 0.5) is 0 Å². The molecule has 1 nitrogen and oxygen atoms in total. The molecule has 0 aliphatic carbocycles. The van der Waals surface area contributed by atoms with Crippen molar-refractivity contribution >= 4 is 11.3 Å². The topological polar surface area (TPSA) is 3.24 Å². The van der Waals surface area contributed by atoms with Crippen LogP contribution in [-0.4, -0.2) is 18.0 Å². The predicted molar refractivity (Wildman–Crippen MR) is 79.0 cm³/mol. The van der Waals surface area contributed by atoms with Gasteiger partial charge in [-0.25, -0.2) is 0 Å². The fraction of sp³-hybridized carbons (Fsp3) is 0.375. The number of hydrogen-bond acceptors (Lipinski definition) is 2. The van der Waals surface area contributed by atoms with Gasteiger partial charge in [-0.15, -0.1) is 11.3 Å². The van der Waals surface area contributed by atoms with Crippen LogP contribution in [0, 0.1) is 6.92 Å². The smallest absolute Gasteiger partial charge is 0.0346 e. The van der Waals surface area contributed by atoms with E-state index >= 15 is 0 Å². The van der Waals surface area contributed by atoms with E-state index in [-0.39, 0.29) is 0 Å². The standard InChI is InChI=1S/C16H19NS/c1-13-4-6-14(7-5-13)16-9-8-15(18-16)12-17-10-2-3-11-17/h4-9H,2-3,10-12H2,1H3. The molecule has 94 valence electrons. The van der Waals surface area contributed by atoms with Crippen molar-refractivity contribution in [2.24, 2.45) is 0 Å². The molecule has 0 atom stereocenters. The predicted octanol–water partition coefficient (Wildman–Crippen LogP) is 4.32. The Balaban J connectivity index is 1.74. The number of nitrogens with zero attached hydrogens (tertiary/aromatic N) is 1. The van der Waals surface area contributed by atoms with Crippen LogP contribution in [0.25, 0.3) is 10.4 Å². The molecule has 1 aliphatic rings. The van der Waals surface area contributed by atoms with E-state index in [0.29, 0.717) is 0 Å². The zero-order valence-corrected chi connectivity index (χ0v) is 11.7. The molecule has 1 aromatic carbocycles. The minimum atomic E-state index is 1.14. The van der Waals surface area contributed by atoms with Gasteiger partial charge in [0, 0.05) is 16.3 Å². The summed E-state index contributed by atoms with van der Waals surface area (Å²) in [6.07, 6.45) is 2.74. The Bertz CT molecular complexity index is 506. The molecule has 1 aromatic heterocycles. The molecule has 2 heteroatoms. The molecule has 0 N–H and O–H groups in total. The van der Waals surface area contributed by atoms with E-state index in [2.05, 4.69) is 48.2 Å². The zero-order valence-electron chi connectivity index (χ0n) is 10.9. The van der Waals surface area contributed by atoms with E-state index in [1.807, 2.05) is 11.3 Å². The quantitative estimate of drug-likeness (QED) is 0.791. The van der Waals surface area contributed by atoms with Crippen molar-refractivity contribution in [3.8, 4) is 10.4 Å². The van der Waals surface area contributed by atoms with Gasteiger partial charge in [0.1, 0.15) is 0 Å². The highest BCUT2D eigenvalue weighted by atomic mass is 32.1. The second-order valence-corrected chi connectivity index (χ2v) is 6.28. The van der Waals surface area contributed by atoms with E-state index in [1.165, 1.54) is 46.8 Å². The Kier molecular flexibility index (Phi) is 3.48. The third-order valence-corrected chi connectivity index (χ3v) is 4.69. The molecule has 0 amide bonds. The molecule has 18 heavy (non-hydrogen) atoms. The van der Waals surface area contributed by atoms with Crippen LogP contribution < -0.4 is 0 Å². The van der Waals surface area contributed by atoms with Crippen LogP contribution >= 0.6 is 11.3 Å². The Morgan fingerprint density at radius 2 is 1.72 bits per heavy atom. The minimum absolute atomic E-state index is 1.14. The third-order valence-electron chi connectivity index (χ3n) is 3.58.